The molecule has 0 bridgehead atoms. The lowest BCUT2D eigenvalue weighted by Gasteiger charge is -2.22. The molecule has 7 aromatic carbocycles. The number of nitrogens with zero attached hydrogens (tertiary/aromatic N) is 2. The summed E-state index contributed by atoms with van der Waals surface area (Å²) in [5.74, 6) is 1.16. The summed E-state index contributed by atoms with van der Waals surface area (Å²) in [7, 11) is 0. The van der Waals surface area contributed by atoms with Gasteiger partial charge in [0.1, 0.15) is 17.0 Å². The predicted molar refractivity (Wildman–Crippen MR) is 231 cm³/mol. The van der Waals surface area contributed by atoms with Crippen molar-refractivity contribution in [2.45, 2.75) is 44.9 Å². The fourth-order valence-electron chi connectivity index (χ4n) is 9.03. The number of hydrogen-bond donors (Lipinski definition) is 0. The van der Waals surface area contributed by atoms with Crippen molar-refractivity contribution in [3.8, 4) is 44.8 Å². The molecule has 0 saturated carbocycles. The van der Waals surface area contributed by atoms with Crippen molar-refractivity contribution in [1.29, 1.82) is 0 Å². The Balaban J connectivity index is 1.09. The minimum absolute atomic E-state index is 0.0232. The molecule has 0 aliphatic heterocycles. The van der Waals surface area contributed by atoms with Crippen LogP contribution in [0.2, 0.25) is 0 Å². The number of rotatable bonds is 7. The van der Waals surface area contributed by atoms with E-state index in [2.05, 4.69) is 172 Å². The minimum Gasteiger partial charge on any atom is -0.456 e. The molecule has 2 atom stereocenters. The van der Waals surface area contributed by atoms with Crippen LogP contribution >= 0.6 is 0 Å². The molecular formula is C53H42N2O. The first-order valence-corrected chi connectivity index (χ1v) is 19.9. The van der Waals surface area contributed by atoms with E-state index in [1.165, 1.54) is 50.1 Å². The third-order valence-corrected chi connectivity index (χ3v) is 11.8. The first-order valence-electron chi connectivity index (χ1n) is 19.9. The number of aryl methyl sites for hydroxylation is 2. The average molecular weight is 723 g/mol. The van der Waals surface area contributed by atoms with E-state index in [-0.39, 0.29) is 5.92 Å². The summed E-state index contributed by atoms with van der Waals surface area (Å²) in [5.41, 5.74) is 17.6. The zero-order valence-corrected chi connectivity index (χ0v) is 31.7. The average Bonchev–Trinajstić information content (AvgIpc) is 3.55. The zero-order valence-electron chi connectivity index (χ0n) is 31.7. The Labute approximate surface area is 328 Å². The summed E-state index contributed by atoms with van der Waals surface area (Å²) in [6.45, 7) is 4.53. The van der Waals surface area contributed by atoms with E-state index >= 15 is 0 Å². The molecule has 2 heterocycles. The molecule has 0 saturated heterocycles. The van der Waals surface area contributed by atoms with E-state index in [1.54, 1.807) is 0 Å². The van der Waals surface area contributed by atoms with E-state index in [9.17, 15) is 0 Å². The van der Waals surface area contributed by atoms with Crippen LogP contribution in [-0.2, 0) is 6.42 Å². The number of furan rings is 1. The third kappa shape index (κ3) is 6.01. The van der Waals surface area contributed by atoms with Crippen molar-refractivity contribution in [2.75, 3.05) is 0 Å². The number of para-hydroxylation sites is 1. The van der Waals surface area contributed by atoms with Crippen LogP contribution in [0, 0.1) is 6.92 Å². The van der Waals surface area contributed by atoms with E-state index in [4.69, 9.17) is 14.4 Å². The summed E-state index contributed by atoms with van der Waals surface area (Å²) < 4.78 is 6.33. The topological polar surface area (TPSA) is 38.9 Å². The normalized spacial score (nSPS) is 14.3. The monoisotopic (exact) mass is 722 g/mol. The number of fused-ring (bicyclic) bond motifs is 6. The van der Waals surface area contributed by atoms with Crippen LogP contribution in [0.25, 0.3) is 66.7 Å². The summed E-state index contributed by atoms with van der Waals surface area (Å²) >= 11 is 0. The van der Waals surface area contributed by atoms with Gasteiger partial charge in [0.15, 0.2) is 0 Å². The van der Waals surface area contributed by atoms with E-state index in [0.717, 1.165) is 69.5 Å². The number of benzene rings is 7. The van der Waals surface area contributed by atoms with Crippen molar-refractivity contribution < 1.29 is 4.42 Å². The van der Waals surface area contributed by atoms with Crippen LogP contribution < -0.4 is 0 Å². The molecule has 3 nitrogen and oxygen atoms in total. The first kappa shape index (κ1) is 33.9. The number of aromatic nitrogens is 2. The smallest absolute Gasteiger partial charge is 0.137 e. The molecule has 10 rings (SSSR count). The Kier molecular flexibility index (Phi) is 8.64. The second-order valence-corrected chi connectivity index (χ2v) is 15.1. The van der Waals surface area contributed by atoms with Crippen molar-refractivity contribution in [2.24, 2.45) is 0 Å². The highest BCUT2D eigenvalue weighted by Gasteiger charge is 2.26. The summed E-state index contributed by atoms with van der Waals surface area (Å²) in [6.07, 6.45) is 2.93. The fraction of sp³-hybridized carbons (Fsp3) is 0.132. The van der Waals surface area contributed by atoms with Crippen LogP contribution in [0.3, 0.4) is 0 Å². The van der Waals surface area contributed by atoms with Crippen LogP contribution in [0.5, 0.6) is 0 Å². The standard InChI is InChI=1S/C53H42N2O/c1-3-39(53-54-49(36-18-8-5-9-19-36)33-50(55-53)38-27-29-46-45-24-14-15-25-51(45)56-52(46)32-38)41-20-10-12-22-43(41)47-31-37-26-28-40(35-16-6-4-7-17-35)42-21-11-13-23-44(42)48(37)30-34(47)2/h4-25,27,29-33,39-40H,3,26,28H2,1-2H3. The lowest BCUT2D eigenvalue weighted by atomic mass is 9.84. The van der Waals surface area contributed by atoms with Crippen molar-refractivity contribution in [1.82, 2.24) is 9.97 Å². The molecule has 56 heavy (non-hydrogen) atoms. The van der Waals surface area contributed by atoms with Gasteiger partial charge in [-0.15, -0.1) is 0 Å². The van der Waals surface area contributed by atoms with Gasteiger partial charge in [0.25, 0.3) is 0 Å². The molecule has 0 spiro atoms. The van der Waals surface area contributed by atoms with Gasteiger partial charge in [0, 0.05) is 33.7 Å². The molecule has 9 aromatic rings. The molecule has 1 aliphatic carbocycles. The maximum absolute atomic E-state index is 6.33. The van der Waals surface area contributed by atoms with Crippen LogP contribution in [-0.4, -0.2) is 9.97 Å². The molecule has 0 amide bonds. The van der Waals surface area contributed by atoms with Crippen LogP contribution in [0.4, 0.5) is 0 Å². The van der Waals surface area contributed by atoms with Gasteiger partial charge in [0.05, 0.1) is 11.4 Å². The second-order valence-electron chi connectivity index (χ2n) is 15.1. The highest BCUT2D eigenvalue weighted by molar-refractivity contribution is 6.05. The van der Waals surface area contributed by atoms with Gasteiger partial charge >= 0.3 is 0 Å². The lowest BCUT2D eigenvalue weighted by molar-refractivity contribution is 0.669. The lowest BCUT2D eigenvalue weighted by Crippen LogP contribution is -2.09. The summed E-state index contributed by atoms with van der Waals surface area (Å²) in [5, 5.41) is 2.23. The third-order valence-electron chi connectivity index (χ3n) is 11.8. The van der Waals surface area contributed by atoms with Gasteiger partial charge in [-0.3, -0.25) is 0 Å². The molecule has 0 fully saturated rings. The Bertz CT molecular complexity index is 2870. The quantitative estimate of drug-likeness (QED) is 0.164. The molecular weight excluding hydrogens is 681 g/mol. The van der Waals surface area contributed by atoms with Gasteiger partial charge in [-0.2, -0.15) is 0 Å². The maximum atomic E-state index is 6.33. The SMILES string of the molecule is CCC(c1nc(-c2ccccc2)cc(-c2ccc3c(c2)oc2ccccc23)n1)c1ccccc1-c1cc2c(cc1C)-c1ccccc1C(c1ccccc1)CC2. The van der Waals surface area contributed by atoms with E-state index < -0.39 is 0 Å². The largest absolute Gasteiger partial charge is 0.456 e. The van der Waals surface area contributed by atoms with Gasteiger partial charge in [0.2, 0.25) is 0 Å². The molecule has 270 valence electrons. The molecule has 2 aromatic heterocycles. The minimum atomic E-state index is -0.0232. The van der Waals surface area contributed by atoms with Crippen LogP contribution in [0.15, 0.2) is 174 Å². The Hall–Kier alpha value is -6.58. The van der Waals surface area contributed by atoms with Crippen molar-refractivity contribution in [3.05, 3.63) is 203 Å². The first-order chi connectivity index (χ1) is 27.6. The fourth-order valence-corrected chi connectivity index (χ4v) is 9.03. The van der Waals surface area contributed by atoms with Crippen molar-refractivity contribution in [3.63, 3.8) is 0 Å². The van der Waals surface area contributed by atoms with Crippen LogP contribution in [0.1, 0.15) is 65.2 Å². The van der Waals surface area contributed by atoms with E-state index in [1.807, 2.05) is 12.1 Å². The molecule has 1 aliphatic rings. The van der Waals surface area contributed by atoms with Gasteiger partial charge in [-0.25, -0.2) is 9.97 Å². The highest BCUT2D eigenvalue weighted by atomic mass is 16.3. The molecule has 0 radical (unpaired) electrons. The molecule has 0 N–H and O–H groups in total. The highest BCUT2D eigenvalue weighted by Crippen LogP contribution is 2.45. The Morgan fingerprint density at radius 1 is 0.571 bits per heavy atom. The molecule has 2 unspecified atom stereocenters. The Morgan fingerprint density at radius 2 is 1.25 bits per heavy atom. The summed E-state index contributed by atoms with van der Waals surface area (Å²) in [4.78, 5) is 10.7. The zero-order chi connectivity index (χ0) is 37.6. The van der Waals surface area contributed by atoms with E-state index in [0.29, 0.717) is 5.92 Å². The summed E-state index contributed by atoms with van der Waals surface area (Å²) in [6, 6.07) is 61.2. The number of hydrogen-bond acceptors (Lipinski definition) is 3. The van der Waals surface area contributed by atoms with Gasteiger partial charge in [-0.05, 0) is 101 Å². The maximum Gasteiger partial charge on any atom is 0.137 e. The van der Waals surface area contributed by atoms with Gasteiger partial charge < -0.3 is 4.42 Å². The second kappa shape index (κ2) is 14.2. The Morgan fingerprint density at radius 3 is 2.07 bits per heavy atom. The van der Waals surface area contributed by atoms with Crippen molar-refractivity contribution >= 4 is 21.9 Å². The molecule has 3 heteroatoms. The predicted octanol–water partition coefficient (Wildman–Crippen LogP) is 14.0. The van der Waals surface area contributed by atoms with Gasteiger partial charge in [-0.1, -0.05) is 153 Å².